The Morgan fingerprint density at radius 1 is 0.760 bits per heavy atom. The normalized spacial score (nSPS) is 11.2. The maximum atomic E-state index is 12.5. The summed E-state index contributed by atoms with van der Waals surface area (Å²) in [6.45, 7) is 0. The molecule has 0 aliphatic carbocycles. The van der Waals surface area contributed by atoms with E-state index in [1.165, 1.54) is 10.4 Å². The predicted molar refractivity (Wildman–Crippen MR) is 107 cm³/mol. The van der Waals surface area contributed by atoms with E-state index in [4.69, 9.17) is 0 Å². The minimum absolute atomic E-state index is 0.0282. The standard InChI is InChI=1S/C23H16OS/c24-22(20-11-10-17-6-4-5-9-19(17)16-20)14-12-21-13-15-23(25-21)18-7-2-1-3-8-18/h1-16H/b14-12+. The zero-order valence-corrected chi connectivity index (χ0v) is 14.4. The molecular weight excluding hydrogens is 324 g/mol. The molecule has 0 amide bonds. The number of hydrogen-bond donors (Lipinski definition) is 0. The lowest BCUT2D eigenvalue weighted by Crippen LogP contribution is -1.93. The fraction of sp³-hybridized carbons (Fsp3) is 0. The molecule has 2 heteroatoms. The third kappa shape index (κ3) is 3.44. The van der Waals surface area contributed by atoms with E-state index in [0.29, 0.717) is 0 Å². The van der Waals surface area contributed by atoms with E-state index in [1.54, 1.807) is 17.4 Å². The van der Waals surface area contributed by atoms with Crippen LogP contribution in [-0.2, 0) is 0 Å². The van der Waals surface area contributed by atoms with Crippen molar-refractivity contribution in [3.8, 4) is 10.4 Å². The van der Waals surface area contributed by atoms with Gasteiger partial charge in [0.1, 0.15) is 0 Å². The van der Waals surface area contributed by atoms with Crippen LogP contribution in [0.2, 0.25) is 0 Å². The highest BCUT2D eigenvalue weighted by Gasteiger charge is 2.04. The third-order valence-electron chi connectivity index (χ3n) is 4.12. The van der Waals surface area contributed by atoms with Gasteiger partial charge in [0.2, 0.25) is 0 Å². The Bertz CT molecular complexity index is 1060. The van der Waals surface area contributed by atoms with Crippen LogP contribution >= 0.6 is 11.3 Å². The first-order valence-electron chi connectivity index (χ1n) is 8.16. The van der Waals surface area contributed by atoms with Crippen molar-refractivity contribution in [1.82, 2.24) is 0 Å². The van der Waals surface area contributed by atoms with Crippen LogP contribution in [0.5, 0.6) is 0 Å². The van der Waals surface area contributed by atoms with Gasteiger partial charge in [-0.15, -0.1) is 11.3 Å². The molecule has 0 saturated carbocycles. The van der Waals surface area contributed by atoms with Crippen LogP contribution < -0.4 is 0 Å². The van der Waals surface area contributed by atoms with Crippen molar-refractivity contribution in [1.29, 1.82) is 0 Å². The first-order chi connectivity index (χ1) is 12.3. The Hall–Kier alpha value is -2.97. The van der Waals surface area contributed by atoms with Crippen LogP contribution in [0.15, 0.2) is 91.0 Å². The smallest absolute Gasteiger partial charge is 0.185 e. The summed E-state index contributed by atoms with van der Waals surface area (Å²) in [5.41, 5.74) is 1.92. The Morgan fingerprint density at radius 2 is 1.52 bits per heavy atom. The summed E-state index contributed by atoms with van der Waals surface area (Å²) < 4.78 is 0. The number of carbonyl (C=O) groups excluding carboxylic acids is 1. The summed E-state index contributed by atoms with van der Waals surface area (Å²) >= 11 is 1.69. The highest BCUT2D eigenvalue weighted by molar-refractivity contribution is 7.16. The molecule has 0 aliphatic rings. The molecule has 120 valence electrons. The number of ketones is 1. The fourth-order valence-electron chi connectivity index (χ4n) is 2.80. The fourth-order valence-corrected chi connectivity index (χ4v) is 3.71. The summed E-state index contributed by atoms with van der Waals surface area (Å²) in [6, 6.07) is 28.3. The van der Waals surface area contributed by atoms with Crippen molar-refractivity contribution >= 4 is 34.0 Å². The van der Waals surface area contributed by atoms with Gasteiger partial charge in [0.15, 0.2) is 5.78 Å². The summed E-state index contributed by atoms with van der Waals surface area (Å²) in [6.07, 6.45) is 3.55. The number of fused-ring (bicyclic) bond motifs is 1. The second kappa shape index (κ2) is 6.88. The third-order valence-corrected chi connectivity index (χ3v) is 5.22. The largest absolute Gasteiger partial charge is 0.289 e. The molecule has 0 N–H and O–H groups in total. The van der Waals surface area contributed by atoms with Gasteiger partial charge in [-0.05, 0) is 46.7 Å². The van der Waals surface area contributed by atoms with Crippen LogP contribution in [0.4, 0.5) is 0 Å². The minimum Gasteiger partial charge on any atom is -0.289 e. The lowest BCUT2D eigenvalue weighted by atomic mass is 10.0. The van der Waals surface area contributed by atoms with Gasteiger partial charge in [-0.2, -0.15) is 0 Å². The van der Waals surface area contributed by atoms with Gasteiger partial charge in [0.05, 0.1) is 0 Å². The van der Waals surface area contributed by atoms with Gasteiger partial charge >= 0.3 is 0 Å². The van der Waals surface area contributed by atoms with Crippen LogP contribution in [0, 0.1) is 0 Å². The molecule has 0 fully saturated rings. The number of carbonyl (C=O) groups is 1. The lowest BCUT2D eigenvalue weighted by Gasteiger charge is -2.00. The molecule has 0 atom stereocenters. The molecule has 0 saturated heterocycles. The van der Waals surface area contributed by atoms with Crippen LogP contribution in [-0.4, -0.2) is 5.78 Å². The second-order valence-corrected chi connectivity index (χ2v) is 6.94. The van der Waals surface area contributed by atoms with Gasteiger partial charge in [0.25, 0.3) is 0 Å². The van der Waals surface area contributed by atoms with Gasteiger partial charge in [-0.25, -0.2) is 0 Å². The number of allylic oxidation sites excluding steroid dienone is 1. The van der Waals surface area contributed by atoms with Gasteiger partial charge in [-0.1, -0.05) is 66.7 Å². The van der Waals surface area contributed by atoms with E-state index in [9.17, 15) is 4.79 Å². The summed E-state index contributed by atoms with van der Waals surface area (Å²) in [7, 11) is 0. The van der Waals surface area contributed by atoms with Crippen LogP contribution in [0.25, 0.3) is 27.3 Å². The summed E-state index contributed by atoms with van der Waals surface area (Å²) in [4.78, 5) is 14.7. The molecule has 0 unspecified atom stereocenters. The zero-order valence-electron chi connectivity index (χ0n) is 13.6. The topological polar surface area (TPSA) is 17.1 Å². The maximum Gasteiger partial charge on any atom is 0.185 e. The van der Waals surface area contributed by atoms with Crippen molar-refractivity contribution in [2.24, 2.45) is 0 Å². The average Bonchev–Trinajstić information content (AvgIpc) is 3.15. The summed E-state index contributed by atoms with van der Waals surface area (Å²) in [5.74, 6) is 0.0282. The predicted octanol–water partition coefficient (Wildman–Crippen LogP) is 6.46. The molecule has 4 aromatic rings. The molecule has 4 rings (SSSR count). The molecule has 0 radical (unpaired) electrons. The van der Waals surface area contributed by atoms with Gasteiger partial charge in [0, 0.05) is 15.3 Å². The lowest BCUT2D eigenvalue weighted by molar-refractivity contribution is 0.104. The van der Waals surface area contributed by atoms with Gasteiger partial charge in [-0.3, -0.25) is 4.79 Å². The van der Waals surface area contributed by atoms with Crippen LogP contribution in [0.1, 0.15) is 15.2 Å². The van der Waals surface area contributed by atoms with Crippen molar-refractivity contribution < 1.29 is 4.79 Å². The van der Waals surface area contributed by atoms with Crippen molar-refractivity contribution in [3.05, 3.63) is 101 Å². The maximum absolute atomic E-state index is 12.5. The highest BCUT2D eigenvalue weighted by atomic mass is 32.1. The SMILES string of the molecule is O=C(/C=C/c1ccc(-c2ccccc2)s1)c1ccc2ccccc2c1. The zero-order chi connectivity index (χ0) is 17.1. The first-order valence-corrected chi connectivity index (χ1v) is 8.98. The molecule has 1 nitrogen and oxygen atoms in total. The van der Waals surface area contributed by atoms with Crippen LogP contribution in [0.3, 0.4) is 0 Å². The molecule has 25 heavy (non-hydrogen) atoms. The molecule has 1 heterocycles. The number of hydrogen-bond acceptors (Lipinski definition) is 2. The van der Waals surface area contributed by atoms with Crippen molar-refractivity contribution in [2.75, 3.05) is 0 Å². The van der Waals surface area contributed by atoms with Crippen molar-refractivity contribution in [2.45, 2.75) is 0 Å². The van der Waals surface area contributed by atoms with E-state index < -0.39 is 0 Å². The number of benzene rings is 3. The molecule has 0 aliphatic heterocycles. The van der Waals surface area contributed by atoms with Gasteiger partial charge < -0.3 is 0 Å². The molecular formula is C23H16OS. The number of thiophene rings is 1. The molecule has 3 aromatic carbocycles. The highest BCUT2D eigenvalue weighted by Crippen LogP contribution is 2.28. The molecule has 1 aromatic heterocycles. The Labute approximate surface area is 150 Å². The monoisotopic (exact) mass is 340 g/mol. The van der Waals surface area contributed by atoms with E-state index in [0.717, 1.165) is 21.2 Å². The first kappa shape index (κ1) is 15.6. The van der Waals surface area contributed by atoms with Crippen molar-refractivity contribution in [3.63, 3.8) is 0 Å². The Kier molecular flexibility index (Phi) is 4.28. The van der Waals surface area contributed by atoms with E-state index >= 15 is 0 Å². The molecule has 0 bridgehead atoms. The average molecular weight is 340 g/mol. The van der Waals surface area contributed by atoms with E-state index in [-0.39, 0.29) is 5.78 Å². The quantitative estimate of drug-likeness (QED) is 0.307. The Morgan fingerprint density at radius 3 is 2.36 bits per heavy atom. The molecule has 0 spiro atoms. The summed E-state index contributed by atoms with van der Waals surface area (Å²) in [5, 5.41) is 2.23. The second-order valence-electron chi connectivity index (χ2n) is 5.83. The van der Waals surface area contributed by atoms with E-state index in [1.807, 2.05) is 60.7 Å². The minimum atomic E-state index is 0.0282. The van der Waals surface area contributed by atoms with E-state index in [2.05, 4.69) is 30.3 Å². The number of rotatable bonds is 4. The Balaban J connectivity index is 1.54.